The van der Waals surface area contributed by atoms with E-state index in [9.17, 15) is 9.18 Å². The van der Waals surface area contributed by atoms with E-state index in [0.717, 1.165) is 0 Å². The van der Waals surface area contributed by atoms with E-state index in [4.69, 9.17) is 39.4 Å². The molecule has 0 aliphatic rings. The van der Waals surface area contributed by atoms with Crippen molar-refractivity contribution in [2.45, 2.75) is 13.0 Å². The highest BCUT2D eigenvalue weighted by atomic mass is 35.5. The molecule has 0 fully saturated rings. The molecule has 0 aliphatic carbocycles. The van der Waals surface area contributed by atoms with E-state index in [0.29, 0.717) is 16.8 Å². The van der Waals surface area contributed by atoms with E-state index in [1.165, 1.54) is 18.3 Å². The topological polar surface area (TPSA) is 104 Å². The van der Waals surface area contributed by atoms with E-state index in [-0.39, 0.29) is 27.3 Å². The number of hydrogen-bond donors (Lipinski definition) is 2. The van der Waals surface area contributed by atoms with Gasteiger partial charge in [0, 0.05) is 21.7 Å². The molecular formula is C19H15Cl2FN4O2. The minimum Gasteiger partial charge on any atom is -0.467 e. The molecule has 144 valence electrons. The average Bonchev–Trinajstić information content (AvgIpc) is 2.67. The SMILES string of the molecule is CC(Oc1nc(-c2ccc(C(N)=O)cc2)cnc1N)c1c(Cl)ccc(F)c1Cl. The second-order valence-electron chi connectivity index (χ2n) is 5.90. The number of ether oxygens (including phenoxy) is 1. The molecule has 0 saturated carbocycles. The second kappa shape index (κ2) is 8.00. The van der Waals surface area contributed by atoms with Crippen molar-refractivity contribution in [3.63, 3.8) is 0 Å². The van der Waals surface area contributed by atoms with Crippen molar-refractivity contribution in [1.82, 2.24) is 9.97 Å². The Hall–Kier alpha value is -2.90. The van der Waals surface area contributed by atoms with E-state index >= 15 is 0 Å². The van der Waals surface area contributed by atoms with E-state index < -0.39 is 17.8 Å². The van der Waals surface area contributed by atoms with Crippen LogP contribution >= 0.6 is 23.2 Å². The van der Waals surface area contributed by atoms with Crippen molar-refractivity contribution < 1.29 is 13.9 Å². The number of primary amides is 1. The maximum Gasteiger partial charge on any atom is 0.258 e. The Labute approximate surface area is 170 Å². The Bertz CT molecular complexity index is 1040. The quantitative estimate of drug-likeness (QED) is 0.594. The highest BCUT2D eigenvalue weighted by Gasteiger charge is 2.20. The van der Waals surface area contributed by atoms with Gasteiger partial charge in [0.1, 0.15) is 11.9 Å². The lowest BCUT2D eigenvalue weighted by atomic mass is 10.1. The summed E-state index contributed by atoms with van der Waals surface area (Å²) in [5.74, 6) is -1.05. The monoisotopic (exact) mass is 420 g/mol. The molecule has 0 radical (unpaired) electrons. The van der Waals surface area contributed by atoms with Crippen LogP contribution in [0.15, 0.2) is 42.6 Å². The van der Waals surface area contributed by atoms with Crippen LogP contribution in [0.4, 0.5) is 10.2 Å². The van der Waals surface area contributed by atoms with Gasteiger partial charge in [-0.05, 0) is 31.2 Å². The molecule has 4 N–H and O–H groups in total. The first-order valence-electron chi connectivity index (χ1n) is 8.10. The van der Waals surface area contributed by atoms with Crippen LogP contribution in [0.5, 0.6) is 5.88 Å². The molecule has 0 aliphatic heterocycles. The molecule has 1 aromatic heterocycles. The van der Waals surface area contributed by atoms with E-state index in [1.54, 1.807) is 31.2 Å². The largest absolute Gasteiger partial charge is 0.467 e. The zero-order valence-corrected chi connectivity index (χ0v) is 16.1. The van der Waals surface area contributed by atoms with E-state index in [2.05, 4.69) is 9.97 Å². The molecule has 28 heavy (non-hydrogen) atoms. The average molecular weight is 421 g/mol. The Morgan fingerprint density at radius 1 is 1.18 bits per heavy atom. The molecule has 0 bridgehead atoms. The zero-order chi connectivity index (χ0) is 20.4. The predicted octanol–water partition coefficient (Wildman–Crippen LogP) is 4.41. The van der Waals surface area contributed by atoms with Crippen molar-refractivity contribution in [2.75, 3.05) is 5.73 Å². The normalized spacial score (nSPS) is 11.9. The van der Waals surface area contributed by atoms with Gasteiger partial charge < -0.3 is 16.2 Å². The van der Waals surface area contributed by atoms with Gasteiger partial charge in [-0.15, -0.1) is 0 Å². The van der Waals surface area contributed by atoms with Crippen LogP contribution in [0, 0.1) is 5.82 Å². The third-order valence-corrected chi connectivity index (χ3v) is 4.72. The van der Waals surface area contributed by atoms with Crippen LogP contribution in [0.1, 0.15) is 28.9 Å². The summed E-state index contributed by atoms with van der Waals surface area (Å²) in [6.07, 6.45) is 0.730. The molecule has 1 atom stereocenters. The lowest BCUT2D eigenvalue weighted by Crippen LogP contribution is -2.10. The number of hydrogen-bond acceptors (Lipinski definition) is 5. The fraction of sp³-hybridized carbons (Fsp3) is 0.105. The first-order valence-corrected chi connectivity index (χ1v) is 8.86. The first kappa shape index (κ1) is 19.9. The molecule has 6 nitrogen and oxygen atoms in total. The van der Waals surface area contributed by atoms with Crippen LogP contribution in [-0.4, -0.2) is 15.9 Å². The van der Waals surface area contributed by atoms with Gasteiger partial charge in [-0.25, -0.2) is 14.4 Å². The minimum absolute atomic E-state index is 0.0420. The van der Waals surface area contributed by atoms with Crippen LogP contribution in [-0.2, 0) is 0 Å². The molecule has 1 amide bonds. The van der Waals surface area contributed by atoms with Crippen LogP contribution < -0.4 is 16.2 Å². The Morgan fingerprint density at radius 2 is 1.86 bits per heavy atom. The van der Waals surface area contributed by atoms with Crippen molar-refractivity contribution in [1.29, 1.82) is 0 Å². The fourth-order valence-corrected chi connectivity index (χ4v) is 3.23. The number of carbonyl (C=O) groups is 1. The molecule has 3 aromatic rings. The van der Waals surface area contributed by atoms with Gasteiger partial charge >= 0.3 is 0 Å². The van der Waals surface area contributed by atoms with Gasteiger partial charge in [-0.3, -0.25) is 4.79 Å². The maximum atomic E-state index is 13.8. The maximum absolute atomic E-state index is 13.8. The number of aromatic nitrogens is 2. The van der Waals surface area contributed by atoms with Gasteiger partial charge in [0.25, 0.3) is 5.88 Å². The number of nitrogen functional groups attached to an aromatic ring is 1. The summed E-state index contributed by atoms with van der Waals surface area (Å²) in [5.41, 5.74) is 12.9. The first-order chi connectivity index (χ1) is 13.3. The summed E-state index contributed by atoms with van der Waals surface area (Å²) >= 11 is 12.2. The summed E-state index contributed by atoms with van der Waals surface area (Å²) in [6.45, 7) is 1.64. The summed E-state index contributed by atoms with van der Waals surface area (Å²) < 4.78 is 19.5. The number of nitrogens with two attached hydrogens (primary N) is 2. The summed E-state index contributed by atoms with van der Waals surface area (Å²) in [7, 11) is 0. The second-order valence-corrected chi connectivity index (χ2v) is 6.69. The molecule has 3 rings (SSSR count). The van der Waals surface area contributed by atoms with Gasteiger partial charge in [0.15, 0.2) is 5.82 Å². The Morgan fingerprint density at radius 3 is 2.50 bits per heavy atom. The highest BCUT2D eigenvalue weighted by Crippen LogP contribution is 2.35. The van der Waals surface area contributed by atoms with Crippen LogP contribution in [0.25, 0.3) is 11.3 Å². The molecule has 0 saturated heterocycles. The summed E-state index contributed by atoms with van der Waals surface area (Å²) in [5, 5.41) is 0.119. The minimum atomic E-state index is -0.736. The molecule has 1 unspecified atom stereocenters. The van der Waals surface area contributed by atoms with Gasteiger partial charge in [-0.2, -0.15) is 0 Å². The Kier molecular flexibility index (Phi) is 5.67. The molecular weight excluding hydrogens is 406 g/mol. The number of anilines is 1. The third-order valence-electron chi connectivity index (χ3n) is 4.01. The lowest BCUT2D eigenvalue weighted by Gasteiger charge is -2.18. The zero-order valence-electron chi connectivity index (χ0n) is 14.6. The predicted molar refractivity (Wildman–Crippen MR) is 106 cm³/mol. The summed E-state index contributed by atoms with van der Waals surface area (Å²) in [4.78, 5) is 19.6. The standard InChI is InChI=1S/C19H15Cl2FN4O2/c1-9(15-12(20)6-7-13(22)16(15)21)28-19-17(23)25-8-14(26-19)10-2-4-11(5-3-10)18(24)27/h2-9H,1H3,(H2,23,25)(H2,24,27). The number of halogens is 3. The van der Waals surface area contributed by atoms with Gasteiger partial charge in [0.05, 0.1) is 16.9 Å². The number of benzene rings is 2. The van der Waals surface area contributed by atoms with Crippen molar-refractivity contribution >= 4 is 34.9 Å². The molecule has 1 heterocycles. The van der Waals surface area contributed by atoms with Gasteiger partial charge in [-0.1, -0.05) is 35.3 Å². The lowest BCUT2D eigenvalue weighted by molar-refractivity contribution is 0.100. The van der Waals surface area contributed by atoms with Crippen molar-refractivity contribution in [2.24, 2.45) is 5.73 Å². The number of amides is 1. The highest BCUT2D eigenvalue weighted by molar-refractivity contribution is 6.36. The van der Waals surface area contributed by atoms with E-state index in [1.807, 2.05) is 0 Å². The number of carbonyl (C=O) groups excluding carboxylic acids is 1. The summed E-state index contributed by atoms with van der Waals surface area (Å²) in [6, 6.07) is 9.06. The molecule has 9 heteroatoms. The molecule has 2 aromatic carbocycles. The van der Waals surface area contributed by atoms with Gasteiger partial charge in [0.2, 0.25) is 5.91 Å². The van der Waals surface area contributed by atoms with Crippen molar-refractivity contribution in [3.8, 4) is 17.1 Å². The Balaban J connectivity index is 1.92. The number of rotatable bonds is 5. The van der Waals surface area contributed by atoms with Crippen LogP contribution in [0.2, 0.25) is 10.0 Å². The molecule has 0 spiro atoms. The van der Waals surface area contributed by atoms with Crippen LogP contribution in [0.3, 0.4) is 0 Å². The third kappa shape index (κ3) is 4.00. The smallest absolute Gasteiger partial charge is 0.258 e. The number of nitrogens with zero attached hydrogens (tertiary/aromatic N) is 2. The fourth-order valence-electron chi connectivity index (χ4n) is 2.55. The van der Waals surface area contributed by atoms with Crippen molar-refractivity contribution in [3.05, 3.63) is 69.6 Å².